The minimum Gasteiger partial charge on any atom is -0.353 e. The summed E-state index contributed by atoms with van der Waals surface area (Å²) in [4.78, 5) is 20.9. The number of aromatic nitrogens is 2. The molecular weight excluding hydrogens is 286 g/mol. The van der Waals surface area contributed by atoms with Crippen LogP contribution >= 0.6 is 11.6 Å². The lowest BCUT2D eigenvalue weighted by atomic mass is 9.95. The molecular formula is C16H18ClN3O. The zero-order valence-corrected chi connectivity index (χ0v) is 12.6. The average Bonchev–Trinajstić information content (AvgIpc) is 2.49. The highest BCUT2D eigenvalue weighted by molar-refractivity contribution is 6.30. The minimum atomic E-state index is -0.0200. The molecule has 1 aliphatic rings. The maximum Gasteiger partial charge on any atom is 0.226 e. The summed E-state index contributed by atoms with van der Waals surface area (Å²) in [6.07, 6.45) is 6.00. The van der Waals surface area contributed by atoms with Crippen molar-refractivity contribution in [3.63, 3.8) is 0 Å². The fourth-order valence-corrected chi connectivity index (χ4v) is 3.01. The molecule has 2 aromatic rings. The third-order valence-corrected chi connectivity index (χ3v) is 4.19. The van der Waals surface area contributed by atoms with E-state index in [4.69, 9.17) is 11.6 Å². The topological polar surface area (TPSA) is 54.9 Å². The highest BCUT2D eigenvalue weighted by Gasteiger charge is 2.17. The van der Waals surface area contributed by atoms with Crippen LogP contribution in [0.5, 0.6) is 0 Å². The van der Waals surface area contributed by atoms with Crippen molar-refractivity contribution < 1.29 is 4.79 Å². The van der Waals surface area contributed by atoms with Gasteiger partial charge < -0.3 is 5.32 Å². The van der Waals surface area contributed by atoms with Gasteiger partial charge in [-0.15, -0.1) is 0 Å². The van der Waals surface area contributed by atoms with E-state index in [0.717, 1.165) is 23.9 Å². The molecule has 0 bridgehead atoms. The van der Waals surface area contributed by atoms with Gasteiger partial charge >= 0.3 is 0 Å². The molecule has 1 saturated carbocycles. The second-order valence-electron chi connectivity index (χ2n) is 5.53. The molecule has 5 heteroatoms. The van der Waals surface area contributed by atoms with Crippen molar-refractivity contribution >= 4 is 28.5 Å². The largest absolute Gasteiger partial charge is 0.353 e. The van der Waals surface area contributed by atoms with Crippen LogP contribution < -0.4 is 5.32 Å². The Labute approximate surface area is 128 Å². The van der Waals surface area contributed by atoms with Crippen LogP contribution in [0.4, 0.5) is 0 Å². The van der Waals surface area contributed by atoms with E-state index >= 15 is 0 Å². The van der Waals surface area contributed by atoms with Gasteiger partial charge in [-0.1, -0.05) is 43.0 Å². The van der Waals surface area contributed by atoms with Crippen molar-refractivity contribution in [2.24, 2.45) is 0 Å². The summed E-state index contributed by atoms with van der Waals surface area (Å²) in [5.41, 5.74) is 2.06. The predicted molar refractivity (Wildman–Crippen MR) is 83.3 cm³/mol. The van der Waals surface area contributed by atoms with Gasteiger partial charge in [-0.3, -0.25) is 4.79 Å². The quantitative estimate of drug-likeness (QED) is 0.946. The van der Waals surface area contributed by atoms with Crippen molar-refractivity contribution in [3.8, 4) is 0 Å². The lowest BCUT2D eigenvalue weighted by molar-refractivity contribution is -0.121. The average molecular weight is 304 g/mol. The molecule has 3 rings (SSSR count). The Balaban J connectivity index is 1.71. The molecule has 1 N–H and O–H groups in total. The van der Waals surface area contributed by atoms with Gasteiger partial charge in [0.1, 0.15) is 0 Å². The number of amides is 1. The molecule has 1 heterocycles. The molecule has 4 nitrogen and oxygen atoms in total. The van der Waals surface area contributed by atoms with E-state index in [9.17, 15) is 4.79 Å². The first-order valence-corrected chi connectivity index (χ1v) is 7.81. The normalized spacial score (nSPS) is 16.0. The van der Waals surface area contributed by atoms with Crippen LogP contribution in [0, 0.1) is 0 Å². The summed E-state index contributed by atoms with van der Waals surface area (Å²) in [6, 6.07) is 7.83. The van der Waals surface area contributed by atoms with Crippen LogP contribution in [0.25, 0.3) is 11.0 Å². The Morgan fingerprint density at radius 2 is 1.81 bits per heavy atom. The number of para-hydroxylation sites is 2. The van der Waals surface area contributed by atoms with Crippen LogP contribution in [0.2, 0.25) is 5.15 Å². The fourth-order valence-electron chi connectivity index (χ4n) is 2.81. The Bertz CT molecular complexity index is 653. The Kier molecular flexibility index (Phi) is 4.34. The van der Waals surface area contributed by atoms with Crippen LogP contribution in [0.1, 0.15) is 37.8 Å². The number of hydrogen-bond donors (Lipinski definition) is 1. The molecule has 1 fully saturated rings. The van der Waals surface area contributed by atoms with Crippen LogP contribution in [0.15, 0.2) is 24.3 Å². The molecule has 21 heavy (non-hydrogen) atoms. The van der Waals surface area contributed by atoms with Gasteiger partial charge in [0.15, 0.2) is 5.15 Å². The first kappa shape index (κ1) is 14.3. The highest BCUT2D eigenvalue weighted by atomic mass is 35.5. The van der Waals surface area contributed by atoms with Crippen molar-refractivity contribution in [1.82, 2.24) is 15.3 Å². The Morgan fingerprint density at radius 3 is 2.52 bits per heavy atom. The number of halogens is 1. The first-order chi connectivity index (χ1) is 10.2. The Hall–Kier alpha value is -1.68. The Morgan fingerprint density at radius 1 is 1.14 bits per heavy atom. The van der Waals surface area contributed by atoms with E-state index in [1.165, 1.54) is 19.3 Å². The van der Waals surface area contributed by atoms with Crippen molar-refractivity contribution in [1.29, 1.82) is 0 Å². The van der Waals surface area contributed by atoms with E-state index in [2.05, 4.69) is 15.3 Å². The molecule has 1 aliphatic carbocycles. The SMILES string of the molecule is O=C(Cc1nc2ccccc2nc1Cl)NC1CCCCC1. The number of nitrogens with one attached hydrogen (secondary N) is 1. The van der Waals surface area contributed by atoms with Crippen molar-refractivity contribution in [2.75, 3.05) is 0 Å². The van der Waals surface area contributed by atoms with Gasteiger partial charge in [0.2, 0.25) is 5.91 Å². The summed E-state index contributed by atoms with van der Waals surface area (Å²) >= 11 is 6.14. The number of nitrogens with zero attached hydrogens (tertiary/aromatic N) is 2. The third-order valence-electron chi connectivity index (χ3n) is 3.89. The smallest absolute Gasteiger partial charge is 0.226 e. The van der Waals surface area contributed by atoms with Crippen LogP contribution in [0.3, 0.4) is 0 Å². The van der Waals surface area contributed by atoms with Gasteiger partial charge in [-0.2, -0.15) is 0 Å². The van der Waals surface area contributed by atoms with Crippen LogP contribution in [-0.2, 0) is 11.2 Å². The molecule has 0 saturated heterocycles. The monoisotopic (exact) mass is 303 g/mol. The van der Waals surface area contributed by atoms with Gasteiger partial charge in [-0.25, -0.2) is 9.97 Å². The third kappa shape index (κ3) is 3.50. The van der Waals surface area contributed by atoms with E-state index in [-0.39, 0.29) is 12.3 Å². The molecule has 1 amide bonds. The van der Waals surface area contributed by atoms with E-state index < -0.39 is 0 Å². The van der Waals surface area contributed by atoms with E-state index in [1.54, 1.807) is 0 Å². The lowest BCUT2D eigenvalue weighted by Crippen LogP contribution is -2.37. The zero-order chi connectivity index (χ0) is 14.7. The number of benzene rings is 1. The summed E-state index contributed by atoms with van der Waals surface area (Å²) in [7, 11) is 0. The molecule has 0 spiro atoms. The van der Waals surface area contributed by atoms with Gasteiger partial charge in [0.05, 0.1) is 23.1 Å². The number of carbonyl (C=O) groups excluding carboxylic acids is 1. The van der Waals surface area contributed by atoms with Crippen molar-refractivity contribution in [3.05, 3.63) is 35.1 Å². The first-order valence-electron chi connectivity index (χ1n) is 7.43. The van der Waals surface area contributed by atoms with Crippen LogP contribution in [-0.4, -0.2) is 21.9 Å². The molecule has 0 aliphatic heterocycles. The molecule has 1 aromatic heterocycles. The summed E-state index contributed by atoms with van der Waals surface area (Å²) in [5.74, 6) is -0.0200. The maximum atomic E-state index is 12.1. The van der Waals surface area contributed by atoms with Gasteiger partial charge in [0, 0.05) is 6.04 Å². The highest BCUT2D eigenvalue weighted by Crippen LogP contribution is 2.19. The van der Waals surface area contributed by atoms with Crippen molar-refractivity contribution in [2.45, 2.75) is 44.6 Å². The number of fused-ring (bicyclic) bond motifs is 1. The fraction of sp³-hybridized carbons (Fsp3) is 0.438. The molecule has 1 aromatic carbocycles. The minimum absolute atomic E-state index is 0.0200. The zero-order valence-electron chi connectivity index (χ0n) is 11.8. The molecule has 110 valence electrons. The second kappa shape index (κ2) is 6.39. The standard InChI is InChI=1S/C16H18ClN3O/c17-16-14(19-12-8-4-5-9-13(12)20-16)10-15(21)18-11-6-2-1-3-7-11/h4-5,8-9,11H,1-3,6-7,10H2,(H,18,21). The summed E-state index contributed by atoms with van der Waals surface area (Å²) < 4.78 is 0. The maximum absolute atomic E-state index is 12.1. The second-order valence-corrected chi connectivity index (χ2v) is 5.89. The van der Waals surface area contributed by atoms with Gasteiger partial charge in [0.25, 0.3) is 0 Å². The van der Waals surface area contributed by atoms with E-state index in [1.807, 2.05) is 24.3 Å². The van der Waals surface area contributed by atoms with E-state index in [0.29, 0.717) is 16.9 Å². The van der Waals surface area contributed by atoms with Gasteiger partial charge in [-0.05, 0) is 25.0 Å². The molecule has 0 radical (unpaired) electrons. The predicted octanol–water partition coefficient (Wildman–Crippen LogP) is 3.27. The number of hydrogen-bond acceptors (Lipinski definition) is 3. The number of rotatable bonds is 3. The summed E-state index contributed by atoms with van der Waals surface area (Å²) in [5, 5.41) is 3.39. The lowest BCUT2D eigenvalue weighted by Gasteiger charge is -2.22. The number of carbonyl (C=O) groups is 1. The molecule has 0 unspecified atom stereocenters. The molecule has 0 atom stereocenters. The summed E-state index contributed by atoms with van der Waals surface area (Å²) in [6.45, 7) is 0.